The van der Waals surface area contributed by atoms with Gasteiger partial charge in [-0.3, -0.25) is 4.79 Å². The molecule has 16 heavy (non-hydrogen) atoms. The lowest BCUT2D eigenvalue weighted by Gasteiger charge is -2.10. The van der Waals surface area contributed by atoms with Gasteiger partial charge in [-0.2, -0.15) is 0 Å². The van der Waals surface area contributed by atoms with Crippen LogP contribution >= 0.6 is 0 Å². The van der Waals surface area contributed by atoms with Crippen LogP contribution in [-0.2, 0) is 0 Å². The Morgan fingerprint density at radius 2 is 2.44 bits per heavy atom. The number of primary amides is 1. The molecule has 1 unspecified atom stereocenters. The van der Waals surface area contributed by atoms with Crippen LogP contribution < -0.4 is 15.8 Å². The minimum absolute atomic E-state index is 0.145. The molecule has 2 rings (SSSR count). The van der Waals surface area contributed by atoms with Gasteiger partial charge in [-0.1, -0.05) is 0 Å². The van der Waals surface area contributed by atoms with Gasteiger partial charge in [0.15, 0.2) is 5.69 Å². The van der Waals surface area contributed by atoms with Gasteiger partial charge in [0.2, 0.25) is 5.88 Å². The van der Waals surface area contributed by atoms with Crippen molar-refractivity contribution < 1.29 is 9.53 Å². The molecule has 6 heteroatoms. The highest BCUT2D eigenvalue weighted by Gasteiger charge is 2.14. The maximum absolute atomic E-state index is 10.7. The molecule has 0 radical (unpaired) electrons. The molecular weight excluding hydrogens is 208 g/mol. The number of nitrogens with two attached hydrogens (primary N) is 1. The number of nitrogens with one attached hydrogen (secondary N) is 1. The molecule has 0 aromatic carbocycles. The van der Waals surface area contributed by atoms with E-state index < -0.39 is 5.91 Å². The second kappa shape index (κ2) is 4.89. The monoisotopic (exact) mass is 222 g/mol. The number of hydrogen-bond donors (Lipinski definition) is 2. The first-order chi connectivity index (χ1) is 7.75. The zero-order chi connectivity index (χ0) is 11.4. The highest BCUT2D eigenvalue weighted by atomic mass is 16.5. The Balaban J connectivity index is 1.87. The summed E-state index contributed by atoms with van der Waals surface area (Å²) in [7, 11) is 0. The number of hydrogen-bond acceptors (Lipinski definition) is 5. The van der Waals surface area contributed by atoms with Crippen LogP contribution in [0.25, 0.3) is 0 Å². The van der Waals surface area contributed by atoms with E-state index in [0.29, 0.717) is 18.5 Å². The van der Waals surface area contributed by atoms with Gasteiger partial charge in [-0.15, -0.1) is 10.2 Å². The average Bonchev–Trinajstić information content (AvgIpc) is 2.80. The third-order valence-electron chi connectivity index (χ3n) is 2.49. The first kappa shape index (κ1) is 10.8. The molecule has 0 bridgehead atoms. The van der Waals surface area contributed by atoms with E-state index in [4.69, 9.17) is 10.5 Å². The quantitative estimate of drug-likeness (QED) is 0.730. The van der Waals surface area contributed by atoms with Crippen LogP contribution in [0.3, 0.4) is 0 Å². The van der Waals surface area contributed by atoms with Crippen LogP contribution in [-0.4, -0.2) is 35.3 Å². The van der Waals surface area contributed by atoms with E-state index in [-0.39, 0.29) is 5.69 Å². The Labute approximate surface area is 93.2 Å². The van der Waals surface area contributed by atoms with Crippen molar-refractivity contribution in [3.8, 4) is 5.88 Å². The molecule has 1 aromatic heterocycles. The van der Waals surface area contributed by atoms with Crippen LogP contribution in [0.2, 0.25) is 0 Å². The van der Waals surface area contributed by atoms with Gasteiger partial charge >= 0.3 is 0 Å². The maximum Gasteiger partial charge on any atom is 0.269 e. The van der Waals surface area contributed by atoms with Crippen molar-refractivity contribution in [2.75, 3.05) is 13.2 Å². The molecule has 6 nitrogen and oxygen atoms in total. The zero-order valence-corrected chi connectivity index (χ0v) is 8.85. The SMILES string of the molecule is NC(=O)c1ccc(OCC2CCCN2)nn1. The number of rotatable bonds is 4. The van der Waals surface area contributed by atoms with Gasteiger partial charge < -0.3 is 15.8 Å². The Bertz CT molecular complexity index is 360. The van der Waals surface area contributed by atoms with E-state index in [0.717, 1.165) is 13.0 Å². The Kier molecular flexibility index (Phi) is 3.31. The molecule has 1 aromatic rings. The number of carbonyl (C=O) groups is 1. The number of ether oxygens (including phenoxy) is 1. The summed E-state index contributed by atoms with van der Waals surface area (Å²) in [5.41, 5.74) is 5.19. The van der Waals surface area contributed by atoms with E-state index in [2.05, 4.69) is 15.5 Å². The largest absolute Gasteiger partial charge is 0.475 e. The fourth-order valence-electron chi connectivity index (χ4n) is 1.61. The lowest BCUT2D eigenvalue weighted by Crippen LogP contribution is -2.28. The summed E-state index contributed by atoms with van der Waals surface area (Å²) >= 11 is 0. The molecule has 1 atom stereocenters. The minimum atomic E-state index is -0.587. The van der Waals surface area contributed by atoms with Gasteiger partial charge in [-0.25, -0.2) is 0 Å². The fourth-order valence-corrected chi connectivity index (χ4v) is 1.61. The fraction of sp³-hybridized carbons (Fsp3) is 0.500. The third-order valence-corrected chi connectivity index (χ3v) is 2.49. The summed E-state index contributed by atoms with van der Waals surface area (Å²) < 4.78 is 5.44. The molecule has 1 aliphatic heterocycles. The number of aromatic nitrogens is 2. The second-order valence-electron chi connectivity index (χ2n) is 3.73. The van der Waals surface area contributed by atoms with Gasteiger partial charge in [0, 0.05) is 12.1 Å². The smallest absolute Gasteiger partial charge is 0.269 e. The number of amides is 1. The Hall–Kier alpha value is -1.69. The van der Waals surface area contributed by atoms with Crippen LogP contribution in [0.15, 0.2) is 12.1 Å². The molecule has 2 heterocycles. The van der Waals surface area contributed by atoms with E-state index in [1.807, 2.05) is 0 Å². The molecule has 0 spiro atoms. The summed E-state index contributed by atoms with van der Waals surface area (Å²) in [4.78, 5) is 10.7. The lowest BCUT2D eigenvalue weighted by molar-refractivity contribution is 0.0994. The summed E-state index contributed by atoms with van der Waals surface area (Å²) in [5, 5.41) is 10.7. The first-order valence-electron chi connectivity index (χ1n) is 5.25. The Morgan fingerprint density at radius 1 is 1.56 bits per heavy atom. The van der Waals surface area contributed by atoms with Crippen LogP contribution in [0, 0.1) is 0 Å². The second-order valence-corrected chi connectivity index (χ2v) is 3.73. The molecule has 86 valence electrons. The van der Waals surface area contributed by atoms with Crippen LogP contribution in [0.1, 0.15) is 23.3 Å². The van der Waals surface area contributed by atoms with Crippen molar-refractivity contribution in [1.82, 2.24) is 15.5 Å². The summed E-state index contributed by atoms with van der Waals surface area (Å²) in [6, 6.07) is 3.49. The summed E-state index contributed by atoms with van der Waals surface area (Å²) in [6.07, 6.45) is 2.30. The molecule has 3 N–H and O–H groups in total. The molecule has 0 aliphatic carbocycles. The normalized spacial score (nSPS) is 19.6. The number of nitrogens with zero attached hydrogens (tertiary/aromatic N) is 2. The molecule has 1 amide bonds. The van der Waals surface area contributed by atoms with Gasteiger partial charge in [0.25, 0.3) is 5.91 Å². The van der Waals surface area contributed by atoms with Crippen LogP contribution in [0.4, 0.5) is 0 Å². The molecule has 1 fully saturated rings. The standard InChI is InChI=1S/C10H14N4O2/c11-10(15)8-3-4-9(14-13-8)16-6-7-2-1-5-12-7/h3-4,7,12H,1-2,5-6H2,(H2,11,15). The summed E-state index contributed by atoms with van der Waals surface area (Å²) in [5.74, 6) is -0.171. The summed E-state index contributed by atoms with van der Waals surface area (Å²) in [6.45, 7) is 1.62. The van der Waals surface area contributed by atoms with Gasteiger partial charge in [-0.05, 0) is 25.5 Å². The highest BCUT2D eigenvalue weighted by molar-refractivity contribution is 5.90. The van der Waals surface area contributed by atoms with Gasteiger partial charge in [0.05, 0.1) is 0 Å². The minimum Gasteiger partial charge on any atom is -0.475 e. The van der Waals surface area contributed by atoms with Crippen molar-refractivity contribution in [2.45, 2.75) is 18.9 Å². The first-order valence-corrected chi connectivity index (χ1v) is 5.25. The maximum atomic E-state index is 10.7. The van der Waals surface area contributed by atoms with Crippen molar-refractivity contribution in [1.29, 1.82) is 0 Å². The molecular formula is C10H14N4O2. The van der Waals surface area contributed by atoms with E-state index in [1.165, 1.54) is 12.5 Å². The highest BCUT2D eigenvalue weighted by Crippen LogP contribution is 2.09. The van der Waals surface area contributed by atoms with Crippen molar-refractivity contribution in [3.63, 3.8) is 0 Å². The topological polar surface area (TPSA) is 90.1 Å². The zero-order valence-electron chi connectivity index (χ0n) is 8.85. The molecule has 1 saturated heterocycles. The average molecular weight is 222 g/mol. The van der Waals surface area contributed by atoms with E-state index in [1.54, 1.807) is 6.07 Å². The van der Waals surface area contributed by atoms with Crippen molar-refractivity contribution in [3.05, 3.63) is 17.8 Å². The third kappa shape index (κ3) is 2.66. The lowest BCUT2D eigenvalue weighted by atomic mass is 10.2. The van der Waals surface area contributed by atoms with Gasteiger partial charge in [0.1, 0.15) is 6.61 Å². The van der Waals surface area contributed by atoms with Crippen LogP contribution in [0.5, 0.6) is 5.88 Å². The Morgan fingerprint density at radius 3 is 3.00 bits per heavy atom. The van der Waals surface area contributed by atoms with E-state index in [9.17, 15) is 4.79 Å². The number of carbonyl (C=O) groups excluding carboxylic acids is 1. The van der Waals surface area contributed by atoms with Crippen molar-refractivity contribution >= 4 is 5.91 Å². The molecule has 0 saturated carbocycles. The predicted octanol–water partition coefficient (Wildman–Crippen LogP) is -0.294. The van der Waals surface area contributed by atoms with Crippen molar-refractivity contribution in [2.24, 2.45) is 5.73 Å². The van der Waals surface area contributed by atoms with E-state index >= 15 is 0 Å². The predicted molar refractivity (Wildman–Crippen MR) is 57.1 cm³/mol. The molecule has 1 aliphatic rings.